The molecule has 0 aliphatic heterocycles. The van der Waals surface area contributed by atoms with Crippen LogP contribution in [0.3, 0.4) is 0 Å². The summed E-state index contributed by atoms with van der Waals surface area (Å²) in [7, 11) is 0. The molecule has 0 radical (unpaired) electrons. The van der Waals surface area contributed by atoms with Gasteiger partial charge in [0.05, 0.1) is 17.6 Å². The first-order valence-corrected chi connectivity index (χ1v) is 7.54. The van der Waals surface area contributed by atoms with Gasteiger partial charge in [-0.1, -0.05) is 37.8 Å². The van der Waals surface area contributed by atoms with Gasteiger partial charge < -0.3 is 4.74 Å². The van der Waals surface area contributed by atoms with Crippen LogP contribution in [-0.4, -0.2) is 11.0 Å². The molecular formula is C15H20ClNO3. The third-order valence-electron chi connectivity index (χ3n) is 4.06. The summed E-state index contributed by atoms with van der Waals surface area (Å²) < 4.78 is 5.98. The number of nitro groups is 1. The average Bonchev–Trinajstić information content (AvgIpc) is 2.46. The lowest BCUT2D eigenvalue weighted by Crippen LogP contribution is -2.27. The molecule has 1 aliphatic carbocycles. The molecule has 1 saturated carbocycles. The second kappa shape index (κ2) is 7.04. The average molecular weight is 298 g/mol. The molecule has 2 unspecified atom stereocenters. The van der Waals surface area contributed by atoms with E-state index in [0.29, 0.717) is 23.1 Å². The molecule has 1 aromatic carbocycles. The zero-order valence-electron chi connectivity index (χ0n) is 11.7. The highest BCUT2D eigenvalue weighted by molar-refractivity contribution is 6.31. The molecule has 0 aromatic heterocycles. The highest BCUT2D eigenvalue weighted by atomic mass is 35.5. The Labute approximate surface area is 124 Å². The molecular weight excluding hydrogens is 278 g/mol. The molecule has 0 heterocycles. The Morgan fingerprint density at radius 2 is 2.15 bits per heavy atom. The normalized spacial score (nSPS) is 22.7. The largest absolute Gasteiger partial charge is 0.373 e. The van der Waals surface area contributed by atoms with E-state index in [2.05, 4.69) is 6.92 Å². The van der Waals surface area contributed by atoms with Crippen molar-refractivity contribution in [2.75, 3.05) is 0 Å². The molecule has 0 N–H and O–H groups in total. The lowest BCUT2D eigenvalue weighted by molar-refractivity contribution is -0.385. The van der Waals surface area contributed by atoms with Gasteiger partial charge in [0.1, 0.15) is 0 Å². The van der Waals surface area contributed by atoms with Gasteiger partial charge in [-0.05, 0) is 24.8 Å². The van der Waals surface area contributed by atoms with E-state index in [-0.39, 0.29) is 11.8 Å². The van der Waals surface area contributed by atoms with E-state index < -0.39 is 4.92 Å². The summed E-state index contributed by atoms with van der Waals surface area (Å²) in [4.78, 5) is 10.4. The number of nitrogens with zero attached hydrogens (tertiary/aromatic N) is 1. The standard InChI is InChI=1S/C15H20ClNO3/c1-2-11-5-3-4-6-15(11)20-10-12-9-13(17(18)19)7-8-14(12)16/h7-9,11,15H,2-6,10H2,1H3. The van der Waals surface area contributed by atoms with Gasteiger partial charge in [-0.25, -0.2) is 0 Å². The Bertz CT molecular complexity index is 478. The van der Waals surface area contributed by atoms with Crippen molar-refractivity contribution < 1.29 is 9.66 Å². The van der Waals surface area contributed by atoms with Crippen LogP contribution in [0, 0.1) is 16.0 Å². The minimum Gasteiger partial charge on any atom is -0.373 e. The first kappa shape index (κ1) is 15.3. The molecule has 1 aliphatic rings. The fourth-order valence-electron chi connectivity index (χ4n) is 2.84. The minimum absolute atomic E-state index is 0.0590. The van der Waals surface area contributed by atoms with Gasteiger partial charge in [-0.2, -0.15) is 0 Å². The lowest BCUT2D eigenvalue weighted by atomic mass is 9.85. The number of halogens is 1. The Kier molecular flexibility index (Phi) is 5.38. The summed E-state index contributed by atoms with van der Waals surface area (Å²) in [6, 6.07) is 4.49. The number of ether oxygens (including phenoxy) is 1. The van der Waals surface area contributed by atoms with E-state index in [1.165, 1.54) is 31.4 Å². The van der Waals surface area contributed by atoms with Crippen molar-refractivity contribution in [3.8, 4) is 0 Å². The molecule has 2 atom stereocenters. The molecule has 0 saturated heterocycles. The van der Waals surface area contributed by atoms with Crippen molar-refractivity contribution in [3.63, 3.8) is 0 Å². The van der Waals surface area contributed by atoms with E-state index in [4.69, 9.17) is 16.3 Å². The van der Waals surface area contributed by atoms with E-state index in [9.17, 15) is 10.1 Å². The van der Waals surface area contributed by atoms with Crippen molar-refractivity contribution in [3.05, 3.63) is 38.9 Å². The zero-order chi connectivity index (χ0) is 14.5. The van der Waals surface area contributed by atoms with Crippen LogP contribution in [0.25, 0.3) is 0 Å². The summed E-state index contributed by atoms with van der Waals surface area (Å²) in [6.45, 7) is 2.54. The van der Waals surface area contributed by atoms with Crippen LogP contribution < -0.4 is 0 Å². The van der Waals surface area contributed by atoms with Crippen LogP contribution in [0.4, 0.5) is 5.69 Å². The molecule has 1 aromatic rings. The highest BCUT2D eigenvalue weighted by Gasteiger charge is 2.24. The molecule has 0 spiro atoms. The van der Waals surface area contributed by atoms with Crippen molar-refractivity contribution in [2.45, 2.75) is 51.7 Å². The van der Waals surface area contributed by atoms with E-state index in [1.54, 1.807) is 6.07 Å². The summed E-state index contributed by atoms with van der Waals surface area (Å²) >= 11 is 6.09. The van der Waals surface area contributed by atoms with Gasteiger partial charge in [-0.3, -0.25) is 10.1 Å². The fraction of sp³-hybridized carbons (Fsp3) is 0.600. The number of nitro benzene ring substituents is 1. The van der Waals surface area contributed by atoms with E-state index >= 15 is 0 Å². The first-order chi connectivity index (χ1) is 9.61. The smallest absolute Gasteiger partial charge is 0.269 e. The second-order valence-corrected chi connectivity index (χ2v) is 5.74. The Morgan fingerprint density at radius 3 is 2.85 bits per heavy atom. The van der Waals surface area contributed by atoms with E-state index in [1.807, 2.05) is 0 Å². The highest BCUT2D eigenvalue weighted by Crippen LogP contribution is 2.31. The molecule has 110 valence electrons. The maximum atomic E-state index is 10.8. The van der Waals surface area contributed by atoms with Gasteiger partial charge >= 0.3 is 0 Å². The van der Waals surface area contributed by atoms with Crippen molar-refractivity contribution in [2.24, 2.45) is 5.92 Å². The topological polar surface area (TPSA) is 52.4 Å². The lowest BCUT2D eigenvalue weighted by Gasteiger charge is -2.30. The van der Waals surface area contributed by atoms with Crippen LogP contribution >= 0.6 is 11.6 Å². The molecule has 0 amide bonds. The molecule has 20 heavy (non-hydrogen) atoms. The van der Waals surface area contributed by atoms with Gasteiger partial charge in [0.15, 0.2) is 0 Å². The molecule has 2 rings (SSSR count). The minimum atomic E-state index is -0.407. The monoisotopic (exact) mass is 297 g/mol. The third-order valence-corrected chi connectivity index (χ3v) is 4.43. The predicted octanol–water partition coefficient (Wildman–Crippen LogP) is 4.73. The van der Waals surface area contributed by atoms with Crippen molar-refractivity contribution >= 4 is 17.3 Å². The van der Waals surface area contributed by atoms with Crippen molar-refractivity contribution in [1.82, 2.24) is 0 Å². The zero-order valence-corrected chi connectivity index (χ0v) is 12.4. The molecule has 0 bridgehead atoms. The van der Waals surface area contributed by atoms with Crippen LogP contribution in [0.1, 0.15) is 44.6 Å². The number of rotatable bonds is 5. The number of non-ortho nitro benzene ring substituents is 1. The van der Waals surface area contributed by atoms with Crippen molar-refractivity contribution in [1.29, 1.82) is 0 Å². The fourth-order valence-corrected chi connectivity index (χ4v) is 3.01. The summed E-state index contributed by atoms with van der Waals surface area (Å²) in [5, 5.41) is 11.3. The van der Waals surface area contributed by atoms with Crippen LogP contribution in [0.15, 0.2) is 18.2 Å². The van der Waals surface area contributed by atoms with E-state index in [0.717, 1.165) is 12.8 Å². The van der Waals surface area contributed by atoms with Gasteiger partial charge in [0.2, 0.25) is 0 Å². The number of benzene rings is 1. The number of hydrogen-bond donors (Lipinski definition) is 0. The van der Waals surface area contributed by atoms with Gasteiger partial charge in [-0.15, -0.1) is 0 Å². The second-order valence-electron chi connectivity index (χ2n) is 5.34. The maximum Gasteiger partial charge on any atom is 0.269 e. The maximum absolute atomic E-state index is 10.8. The van der Waals surface area contributed by atoms with Crippen LogP contribution in [-0.2, 0) is 11.3 Å². The Balaban J connectivity index is 2.02. The van der Waals surface area contributed by atoms with Gasteiger partial charge in [0, 0.05) is 22.7 Å². The molecule has 5 heteroatoms. The van der Waals surface area contributed by atoms with Crippen LogP contribution in [0.2, 0.25) is 5.02 Å². The summed E-state index contributed by atoms with van der Waals surface area (Å²) in [5.41, 5.74) is 0.755. The Morgan fingerprint density at radius 1 is 1.40 bits per heavy atom. The summed E-state index contributed by atoms with van der Waals surface area (Å²) in [5.74, 6) is 0.598. The Hall–Kier alpha value is -1.13. The molecule has 1 fully saturated rings. The first-order valence-electron chi connectivity index (χ1n) is 7.16. The van der Waals surface area contributed by atoms with Crippen LogP contribution in [0.5, 0.6) is 0 Å². The SMILES string of the molecule is CCC1CCCCC1OCc1cc([N+](=O)[O-])ccc1Cl. The summed E-state index contributed by atoms with van der Waals surface area (Å²) in [6.07, 6.45) is 6.13. The third kappa shape index (κ3) is 3.70. The molecule has 4 nitrogen and oxygen atoms in total. The van der Waals surface area contributed by atoms with Gasteiger partial charge in [0.25, 0.3) is 5.69 Å². The quantitative estimate of drug-likeness (QED) is 0.583. The number of hydrogen-bond acceptors (Lipinski definition) is 3. The predicted molar refractivity (Wildman–Crippen MR) is 78.9 cm³/mol.